The molecule has 2 saturated heterocycles. The second kappa shape index (κ2) is 6.52. The topological polar surface area (TPSA) is 35.6 Å². The van der Waals surface area contributed by atoms with Gasteiger partial charge >= 0.3 is 6.03 Å². The minimum Gasteiger partial charge on any atom is -0.335 e. The van der Waals surface area contributed by atoms with Gasteiger partial charge in [-0.1, -0.05) is 24.3 Å². The van der Waals surface area contributed by atoms with Gasteiger partial charge in [-0.05, 0) is 62.7 Å². The molecule has 0 saturated carbocycles. The first-order valence-electron chi connectivity index (χ1n) is 9.16. The molecule has 2 fully saturated rings. The maximum Gasteiger partial charge on any atom is 0.317 e. The number of fused-ring (bicyclic) bond motifs is 1. The highest BCUT2D eigenvalue weighted by atomic mass is 16.2. The monoisotopic (exact) mass is 313 g/mol. The van der Waals surface area contributed by atoms with Crippen molar-refractivity contribution < 1.29 is 4.79 Å². The number of hydrogen-bond donors (Lipinski definition) is 1. The summed E-state index contributed by atoms with van der Waals surface area (Å²) in [6.45, 7) is 4.41. The van der Waals surface area contributed by atoms with E-state index in [1.54, 1.807) is 0 Å². The molecule has 1 aromatic rings. The van der Waals surface area contributed by atoms with Crippen molar-refractivity contribution in [1.82, 2.24) is 15.1 Å². The van der Waals surface area contributed by atoms with Gasteiger partial charge in [-0.2, -0.15) is 0 Å². The summed E-state index contributed by atoms with van der Waals surface area (Å²) in [5.74, 6) is 0. The summed E-state index contributed by atoms with van der Waals surface area (Å²) >= 11 is 0. The minimum absolute atomic E-state index is 0.157. The maximum absolute atomic E-state index is 12.7. The number of amides is 2. The quantitative estimate of drug-likeness (QED) is 0.930. The molecule has 4 nitrogen and oxygen atoms in total. The number of nitrogens with zero attached hydrogens (tertiary/aromatic N) is 2. The van der Waals surface area contributed by atoms with Crippen LogP contribution in [0, 0.1) is 0 Å². The van der Waals surface area contributed by atoms with Gasteiger partial charge in [0.25, 0.3) is 0 Å². The fourth-order valence-electron chi connectivity index (χ4n) is 4.47. The summed E-state index contributed by atoms with van der Waals surface area (Å²) in [7, 11) is 0. The Hall–Kier alpha value is -1.55. The normalized spacial score (nSPS) is 25.0. The van der Waals surface area contributed by atoms with Gasteiger partial charge in [-0.15, -0.1) is 0 Å². The number of carbonyl (C=O) groups is 1. The Bertz CT molecular complexity index is 542. The Labute approximate surface area is 138 Å². The fourth-order valence-corrected chi connectivity index (χ4v) is 4.47. The van der Waals surface area contributed by atoms with Gasteiger partial charge in [0, 0.05) is 25.2 Å². The minimum atomic E-state index is 0.157. The number of rotatable bonds is 3. The lowest BCUT2D eigenvalue weighted by molar-refractivity contribution is 0.172. The molecular weight excluding hydrogens is 286 g/mol. The molecule has 2 aliphatic heterocycles. The van der Waals surface area contributed by atoms with E-state index in [0.717, 1.165) is 38.8 Å². The lowest BCUT2D eigenvalue weighted by Gasteiger charge is -2.29. The van der Waals surface area contributed by atoms with Crippen LogP contribution in [0.5, 0.6) is 0 Å². The van der Waals surface area contributed by atoms with Crippen molar-refractivity contribution >= 4 is 6.03 Å². The highest BCUT2D eigenvalue weighted by molar-refractivity contribution is 5.75. The number of urea groups is 1. The summed E-state index contributed by atoms with van der Waals surface area (Å²) in [4.78, 5) is 17.4. The summed E-state index contributed by atoms with van der Waals surface area (Å²) in [5, 5.41) is 3.29. The third-order valence-corrected chi connectivity index (χ3v) is 5.68. The largest absolute Gasteiger partial charge is 0.335 e. The van der Waals surface area contributed by atoms with Crippen LogP contribution < -0.4 is 5.32 Å². The van der Waals surface area contributed by atoms with Crippen molar-refractivity contribution in [3.05, 3.63) is 35.4 Å². The molecule has 1 aliphatic carbocycles. The van der Waals surface area contributed by atoms with E-state index in [-0.39, 0.29) is 12.1 Å². The second-order valence-electron chi connectivity index (χ2n) is 7.32. The lowest BCUT2D eigenvalue weighted by Crippen LogP contribution is -2.49. The predicted octanol–water partition coefficient (Wildman–Crippen LogP) is 2.42. The Kier molecular flexibility index (Phi) is 4.25. The van der Waals surface area contributed by atoms with Crippen molar-refractivity contribution in [2.24, 2.45) is 0 Å². The highest BCUT2D eigenvalue weighted by Crippen LogP contribution is 2.24. The summed E-state index contributed by atoms with van der Waals surface area (Å²) in [6, 6.07) is 9.40. The van der Waals surface area contributed by atoms with Gasteiger partial charge in [-0.25, -0.2) is 4.79 Å². The molecule has 4 rings (SSSR count). The number of carbonyl (C=O) groups excluding carboxylic acids is 1. The Morgan fingerprint density at radius 2 is 1.74 bits per heavy atom. The van der Waals surface area contributed by atoms with Crippen molar-refractivity contribution in [3.63, 3.8) is 0 Å². The van der Waals surface area contributed by atoms with Crippen LogP contribution in [0.15, 0.2) is 24.3 Å². The standard InChI is InChI=1S/C19H27N3O/c23-19(20-17-12-15-6-1-2-7-16(15)13-17)22-11-5-8-18(22)14-21-9-3-4-10-21/h1-2,6-7,17-18H,3-5,8-14H2,(H,20,23). The maximum atomic E-state index is 12.7. The van der Waals surface area contributed by atoms with Gasteiger partial charge < -0.3 is 15.1 Å². The zero-order valence-electron chi connectivity index (χ0n) is 13.8. The van der Waals surface area contributed by atoms with E-state index in [1.165, 1.54) is 37.1 Å². The van der Waals surface area contributed by atoms with Gasteiger partial charge in [0.1, 0.15) is 0 Å². The van der Waals surface area contributed by atoms with Crippen LogP contribution in [0.25, 0.3) is 0 Å². The molecule has 1 N–H and O–H groups in total. The van der Waals surface area contributed by atoms with Crippen molar-refractivity contribution in [1.29, 1.82) is 0 Å². The van der Waals surface area contributed by atoms with E-state index >= 15 is 0 Å². The SMILES string of the molecule is O=C(NC1Cc2ccccc2C1)N1CCCC1CN1CCCC1. The lowest BCUT2D eigenvalue weighted by atomic mass is 10.1. The first-order valence-corrected chi connectivity index (χ1v) is 9.16. The van der Waals surface area contributed by atoms with Crippen LogP contribution in [0.4, 0.5) is 4.79 Å². The molecule has 2 amide bonds. The molecule has 23 heavy (non-hydrogen) atoms. The Balaban J connectivity index is 1.33. The van der Waals surface area contributed by atoms with Crippen LogP contribution in [0.3, 0.4) is 0 Å². The highest BCUT2D eigenvalue weighted by Gasteiger charge is 2.32. The number of likely N-dealkylation sites (tertiary alicyclic amines) is 2. The summed E-state index contributed by atoms with van der Waals surface area (Å²) in [5.41, 5.74) is 2.79. The molecular formula is C19H27N3O. The van der Waals surface area contributed by atoms with E-state index in [2.05, 4.69) is 39.4 Å². The van der Waals surface area contributed by atoms with Crippen LogP contribution in [-0.2, 0) is 12.8 Å². The third kappa shape index (κ3) is 3.23. The second-order valence-corrected chi connectivity index (χ2v) is 7.32. The number of hydrogen-bond acceptors (Lipinski definition) is 2. The molecule has 1 unspecified atom stereocenters. The molecule has 0 spiro atoms. The number of benzene rings is 1. The van der Waals surface area contributed by atoms with Crippen LogP contribution in [0.1, 0.15) is 36.8 Å². The van der Waals surface area contributed by atoms with E-state index in [1.807, 2.05) is 0 Å². The number of nitrogens with one attached hydrogen (secondary N) is 1. The van der Waals surface area contributed by atoms with Gasteiger partial charge in [0.05, 0.1) is 0 Å². The van der Waals surface area contributed by atoms with Gasteiger partial charge in [0.15, 0.2) is 0 Å². The molecule has 3 aliphatic rings. The fraction of sp³-hybridized carbons (Fsp3) is 0.632. The molecule has 0 radical (unpaired) electrons. The van der Waals surface area contributed by atoms with Crippen LogP contribution in [-0.4, -0.2) is 54.1 Å². The Morgan fingerprint density at radius 3 is 2.43 bits per heavy atom. The smallest absolute Gasteiger partial charge is 0.317 e. The molecule has 2 heterocycles. The van der Waals surface area contributed by atoms with Crippen LogP contribution >= 0.6 is 0 Å². The Morgan fingerprint density at radius 1 is 1.04 bits per heavy atom. The molecule has 0 bridgehead atoms. The van der Waals surface area contributed by atoms with E-state index in [9.17, 15) is 4.79 Å². The van der Waals surface area contributed by atoms with E-state index in [4.69, 9.17) is 0 Å². The van der Waals surface area contributed by atoms with E-state index < -0.39 is 0 Å². The zero-order valence-corrected chi connectivity index (χ0v) is 13.8. The summed E-state index contributed by atoms with van der Waals surface area (Å²) < 4.78 is 0. The molecule has 1 atom stereocenters. The molecule has 1 aromatic carbocycles. The van der Waals surface area contributed by atoms with Gasteiger partial charge in [0.2, 0.25) is 0 Å². The molecule has 0 aromatic heterocycles. The first-order chi connectivity index (χ1) is 11.3. The zero-order chi connectivity index (χ0) is 15.6. The van der Waals surface area contributed by atoms with Gasteiger partial charge in [-0.3, -0.25) is 0 Å². The third-order valence-electron chi connectivity index (χ3n) is 5.68. The average molecular weight is 313 g/mol. The van der Waals surface area contributed by atoms with Crippen LogP contribution in [0.2, 0.25) is 0 Å². The molecule has 124 valence electrons. The average Bonchev–Trinajstić information content (AvgIpc) is 3.27. The predicted molar refractivity (Wildman–Crippen MR) is 91.6 cm³/mol. The van der Waals surface area contributed by atoms with E-state index in [0.29, 0.717) is 6.04 Å². The molecule has 4 heteroatoms. The first kappa shape index (κ1) is 15.0. The van der Waals surface area contributed by atoms with Crippen molar-refractivity contribution in [2.45, 2.75) is 50.6 Å². The van der Waals surface area contributed by atoms with Crippen molar-refractivity contribution in [3.8, 4) is 0 Å². The summed E-state index contributed by atoms with van der Waals surface area (Å²) in [6.07, 6.45) is 6.91. The van der Waals surface area contributed by atoms with Crippen molar-refractivity contribution in [2.75, 3.05) is 26.2 Å².